The molecule has 7 heteroatoms. The van der Waals surface area contributed by atoms with E-state index in [9.17, 15) is 19.8 Å². The molecule has 2 aliphatic rings. The van der Waals surface area contributed by atoms with Crippen molar-refractivity contribution in [1.82, 2.24) is 10.6 Å². The van der Waals surface area contributed by atoms with Crippen molar-refractivity contribution < 1.29 is 24.5 Å². The zero-order chi connectivity index (χ0) is 23.4. The third-order valence-corrected chi connectivity index (χ3v) is 7.98. The molecule has 0 aromatic heterocycles. The lowest BCUT2D eigenvalue weighted by Crippen LogP contribution is -2.61. The Balaban J connectivity index is 1.73. The molecule has 0 radical (unpaired) electrons. The zero-order valence-corrected chi connectivity index (χ0v) is 19.5. The maximum atomic E-state index is 12.8. The Bertz CT molecular complexity index is 788. The smallest absolute Gasteiger partial charge is 0.407 e. The Morgan fingerprint density at radius 3 is 2.50 bits per heavy atom. The van der Waals surface area contributed by atoms with Gasteiger partial charge in [-0.3, -0.25) is 4.79 Å². The SMILES string of the molecule is CCNC(=O)O[C@@H]1CC[C@]2(C)[C@@H](CC[C@@H](O)[C@H]2CC(=O)NCc2ccccc2)[C@]1(C)CO. The summed E-state index contributed by atoms with van der Waals surface area (Å²) in [7, 11) is 0. The van der Waals surface area contributed by atoms with Gasteiger partial charge in [0.25, 0.3) is 0 Å². The van der Waals surface area contributed by atoms with E-state index in [4.69, 9.17) is 4.74 Å². The summed E-state index contributed by atoms with van der Waals surface area (Å²) < 4.78 is 5.71. The van der Waals surface area contributed by atoms with Crippen molar-refractivity contribution in [3.8, 4) is 0 Å². The maximum absolute atomic E-state index is 12.8. The van der Waals surface area contributed by atoms with Crippen LogP contribution in [0.25, 0.3) is 0 Å². The topological polar surface area (TPSA) is 108 Å². The zero-order valence-electron chi connectivity index (χ0n) is 19.5. The standard InChI is InChI=1S/C25H38N2O5/c1-4-26-23(31)32-21-12-13-24(2)18(19(29)10-11-20(24)25(21,3)16-28)14-22(30)27-15-17-8-6-5-7-9-17/h5-9,18-21,28-29H,4,10-16H2,1-3H3,(H,26,31)(H,27,30)/t18-,19-,20-,21-,24+,25+/m1/s1. The minimum Gasteiger partial charge on any atom is -0.446 e. The van der Waals surface area contributed by atoms with Crippen LogP contribution in [0.1, 0.15) is 58.4 Å². The molecule has 32 heavy (non-hydrogen) atoms. The lowest BCUT2D eigenvalue weighted by atomic mass is 9.46. The third kappa shape index (κ3) is 4.94. The average Bonchev–Trinajstić information content (AvgIpc) is 2.78. The number of aliphatic hydroxyl groups is 2. The van der Waals surface area contributed by atoms with Gasteiger partial charge in [0.15, 0.2) is 0 Å². The van der Waals surface area contributed by atoms with E-state index in [2.05, 4.69) is 17.6 Å². The van der Waals surface area contributed by atoms with Gasteiger partial charge in [-0.25, -0.2) is 4.79 Å². The number of benzene rings is 1. The molecule has 0 saturated heterocycles. The monoisotopic (exact) mass is 446 g/mol. The Morgan fingerprint density at radius 1 is 1.12 bits per heavy atom. The van der Waals surface area contributed by atoms with E-state index in [1.54, 1.807) is 0 Å². The van der Waals surface area contributed by atoms with Crippen molar-refractivity contribution in [3.63, 3.8) is 0 Å². The van der Waals surface area contributed by atoms with Crippen LogP contribution in [-0.4, -0.2) is 47.6 Å². The van der Waals surface area contributed by atoms with Gasteiger partial charge >= 0.3 is 6.09 Å². The number of nitrogens with one attached hydrogen (secondary N) is 2. The summed E-state index contributed by atoms with van der Waals surface area (Å²) in [6.45, 7) is 6.77. The summed E-state index contributed by atoms with van der Waals surface area (Å²) in [6, 6.07) is 9.75. The number of rotatable bonds is 7. The van der Waals surface area contributed by atoms with Gasteiger partial charge in [-0.2, -0.15) is 0 Å². The second kappa shape index (κ2) is 10.2. The van der Waals surface area contributed by atoms with Crippen LogP contribution in [0.15, 0.2) is 30.3 Å². The van der Waals surface area contributed by atoms with Crippen molar-refractivity contribution in [2.75, 3.05) is 13.2 Å². The number of alkyl carbamates (subject to hydrolysis) is 1. The van der Waals surface area contributed by atoms with Gasteiger partial charge in [-0.15, -0.1) is 0 Å². The fourth-order valence-corrected chi connectivity index (χ4v) is 6.16. The first-order valence-electron chi connectivity index (χ1n) is 11.8. The van der Waals surface area contributed by atoms with Gasteiger partial charge in [-0.05, 0) is 55.4 Å². The number of aliphatic hydroxyl groups excluding tert-OH is 2. The molecule has 0 aliphatic heterocycles. The predicted molar refractivity (Wildman–Crippen MR) is 122 cm³/mol. The summed E-state index contributed by atoms with van der Waals surface area (Å²) in [5.74, 6) is -0.261. The molecule has 4 N–H and O–H groups in total. The molecule has 2 aliphatic carbocycles. The molecule has 2 saturated carbocycles. The lowest BCUT2D eigenvalue weighted by Gasteiger charge is -2.60. The van der Waals surface area contributed by atoms with Crippen molar-refractivity contribution in [1.29, 1.82) is 0 Å². The van der Waals surface area contributed by atoms with Gasteiger partial charge in [0, 0.05) is 24.9 Å². The normalized spacial score (nSPS) is 34.3. The van der Waals surface area contributed by atoms with E-state index >= 15 is 0 Å². The van der Waals surface area contributed by atoms with Crippen LogP contribution in [0.2, 0.25) is 0 Å². The Kier molecular flexibility index (Phi) is 7.83. The van der Waals surface area contributed by atoms with Crippen molar-refractivity contribution in [3.05, 3.63) is 35.9 Å². The van der Waals surface area contributed by atoms with E-state index < -0.39 is 23.7 Å². The van der Waals surface area contributed by atoms with Crippen LogP contribution in [0.5, 0.6) is 0 Å². The van der Waals surface area contributed by atoms with E-state index in [1.807, 2.05) is 44.2 Å². The second-order valence-corrected chi connectivity index (χ2v) is 9.90. The van der Waals surface area contributed by atoms with Crippen LogP contribution in [0.3, 0.4) is 0 Å². The number of carbonyl (C=O) groups is 2. The number of hydrogen-bond acceptors (Lipinski definition) is 5. The van der Waals surface area contributed by atoms with Gasteiger partial charge < -0.3 is 25.6 Å². The fourth-order valence-electron chi connectivity index (χ4n) is 6.16. The molecule has 178 valence electrons. The van der Waals surface area contributed by atoms with Gasteiger partial charge in [0.2, 0.25) is 5.91 Å². The number of hydrogen-bond donors (Lipinski definition) is 4. The maximum Gasteiger partial charge on any atom is 0.407 e. The highest BCUT2D eigenvalue weighted by atomic mass is 16.6. The molecular weight excluding hydrogens is 408 g/mol. The van der Waals surface area contributed by atoms with Crippen molar-refractivity contribution in [2.24, 2.45) is 22.7 Å². The summed E-state index contributed by atoms with van der Waals surface area (Å²) in [6.07, 6.45) is 1.42. The Labute approximate surface area is 190 Å². The first-order valence-corrected chi connectivity index (χ1v) is 11.8. The molecule has 0 spiro atoms. The molecule has 0 heterocycles. The van der Waals surface area contributed by atoms with E-state index in [0.717, 1.165) is 18.4 Å². The average molecular weight is 447 g/mol. The van der Waals surface area contributed by atoms with E-state index in [1.165, 1.54) is 0 Å². The predicted octanol–water partition coefficient (Wildman–Crippen LogP) is 2.99. The molecule has 0 unspecified atom stereocenters. The fraction of sp³-hybridized carbons (Fsp3) is 0.680. The van der Waals surface area contributed by atoms with Crippen LogP contribution in [-0.2, 0) is 16.1 Å². The van der Waals surface area contributed by atoms with Crippen molar-refractivity contribution >= 4 is 12.0 Å². The van der Waals surface area contributed by atoms with Gasteiger partial charge in [0.05, 0.1) is 12.7 Å². The molecule has 7 nitrogen and oxygen atoms in total. The minimum atomic E-state index is -0.628. The van der Waals surface area contributed by atoms with Crippen LogP contribution in [0.4, 0.5) is 4.79 Å². The van der Waals surface area contributed by atoms with Crippen LogP contribution < -0.4 is 10.6 Å². The quantitative estimate of drug-likeness (QED) is 0.515. The molecule has 1 aromatic rings. The lowest BCUT2D eigenvalue weighted by molar-refractivity contribution is -0.185. The first kappa shape index (κ1) is 24.5. The highest BCUT2D eigenvalue weighted by molar-refractivity contribution is 5.76. The summed E-state index contributed by atoms with van der Waals surface area (Å²) in [4.78, 5) is 24.9. The first-order chi connectivity index (χ1) is 15.2. The molecule has 0 bridgehead atoms. The highest BCUT2D eigenvalue weighted by Crippen LogP contribution is 2.61. The Morgan fingerprint density at radius 2 is 1.84 bits per heavy atom. The number of carbonyl (C=O) groups excluding carboxylic acids is 2. The summed E-state index contributed by atoms with van der Waals surface area (Å²) in [5.41, 5.74) is 0.0714. The third-order valence-electron chi connectivity index (χ3n) is 7.98. The van der Waals surface area contributed by atoms with E-state index in [-0.39, 0.29) is 36.2 Å². The molecule has 3 rings (SSSR count). The molecular formula is C25H38N2O5. The van der Waals surface area contributed by atoms with Crippen LogP contribution >= 0.6 is 0 Å². The number of ether oxygens (including phenoxy) is 1. The number of amides is 2. The molecule has 1 aromatic carbocycles. The van der Waals surface area contributed by atoms with Crippen LogP contribution in [0, 0.1) is 22.7 Å². The number of fused-ring (bicyclic) bond motifs is 1. The van der Waals surface area contributed by atoms with Crippen molar-refractivity contribution in [2.45, 2.75) is 71.6 Å². The molecule has 6 atom stereocenters. The minimum absolute atomic E-state index is 0.0310. The Hall–Kier alpha value is -2.12. The molecule has 2 fully saturated rings. The largest absolute Gasteiger partial charge is 0.446 e. The highest BCUT2D eigenvalue weighted by Gasteiger charge is 2.60. The second-order valence-electron chi connectivity index (χ2n) is 9.90. The van der Waals surface area contributed by atoms with Gasteiger partial charge in [0.1, 0.15) is 6.10 Å². The summed E-state index contributed by atoms with van der Waals surface area (Å²) >= 11 is 0. The van der Waals surface area contributed by atoms with E-state index in [0.29, 0.717) is 25.9 Å². The summed E-state index contributed by atoms with van der Waals surface area (Å²) in [5, 5.41) is 27.0. The van der Waals surface area contributed by atoms with Gasteiger partial charge in [-0.1, -0.05) is 44.2 Å². The molecule has 2 amide bonds.